The molecule has 0 aromatic heterocycles. The maximum atomic E-state index is 12.7. The number of carboxylic acids is 1. The minimum Gasteiger partial charge on any atom is -0.477 e. The zero-order chi connectivity index (χ0) is 40.7. The number of likely N-dealkylation sites (N-methyl/N-ethyl adjacent to an activating group) is 1. The zero-order valence-electron chi connectivity index (χ0n) is 35.3. The Hall–Kier alpha value is -3.49. The lowest BCUT2D eigenvalue weighted by Gasteiger charge is -2.31. The van der Waals surface area contributed by atoms with Crippen molar-refractivity contribution in [3.8, 4) is 0 Å². The van der Waals surface area contributed by atoms with Gasteiger partial charge in [0, 0.05) is 19.3 Å². The lowest BCUT2D eigenvalue weighted by atomic mass is 10.1. The number of carbonyl (C=O) groups excluding carboxylic acids is 2. The zero-order valence-corrected chi connectivity index (χ0v) is 35.3. The van der Waals surface area contributed by atoms with Gasteiger partial charge in [0.2, 0.25) is 0 Å². The summed E-state index contributed by atoms with van der Waals surface area (Å²) in [4.78, 5) is 36.9. The first-order chi connectivity index (χ1) is 26.6. The third-order valence-corrected chi connectivity index (χ3v) is 8.79. The number of aliphatic carboxylic acids is 1. The summed E-state index contributed by atoms with van der Waals surface area (Å²) >= 11 is 0. The maximum Gasteiger partial charge on any atom is 0.362 e. The normalized spacial score (nSPS) is 13.8. The number of carbonyl (C=O) groups is 3. The minimum atomic E-state index is -0.887. The topological polar surface area (TPSA) is 99.1 Å². The van der Waals surface area contributed by atoms with E-state index in [4.69, 9.17) is 14.2 Å². The average molecular weight is 769 g/mol. The Labute approximate surface area is 335 Å². The third-order valence-electron chi connectivity index (χ3n) is 8.79. The SMILES string of the molecule is CC/C=C/C/C=C/C/C=C/C/C=C/C/C=C/CCCCCC(=O)OCC(COCCC(C(=O)O)[N+](C)(C)C)OC(=O)CCCCCCC/C=C/C/C=C/CC. The number of rotatable bonds is 36. The van der Waals surface area contributed by atoms with Crippen LogP contribution in [0.2, 0.25) is 0 Å². The van der Waals surface area contributed by atoms with E-state index >= 15 is 0 Å². The molecule has 0 saturated heterocycles. The van der Waals surface area contributed by atoms with E-state index in [1.165, 1.54) is 0 Å². The van der Waals surface area contributed by atoms with Crippen LogP contribution < -0.4 is 0 Å². The fourth-order valence-electron chi connectivity index (χ4n) is 5.57. The molecule has 0 aliphatic heterocycles. The molecule has 8 nitrogen and oxygen atoms in total. The van der Waals surface area contributed by atoms with Crippen molar-refractivity contribution in [2.75, 3.05) is 41.0 Å². The largest absolute Gasteiger partial charge is 0.477 e. The van der Waals surface area contributed by atoms with Gasteiger partial charge in [0.25, 0.3) is 0 Å². The Kier molecular flexibility index (Phi) is 35.1. The monoisotopic (exact) mass is 769 g/mol. The van der Waals surface area contributed by atoms with E-state index in [0.29, 0.717) is 19.3 Å². The van der Waals surface area contributed by atoms with Gasteiger partial charge in [0.05, 0.1) is 34.4 Å². The number of unbranched alkanes of at least 4 members (excludes halogenated alkanes) is 8. The number of ether oxygens (including phenoxy) is 3. The van der Waals surface area contributed by atoms with Crippen LogP contribution in [0.4, 0.5) is 0 Å². The highest BCUT2D eigenvalue weighted by atomic mass is 16.6. The van der Waals surface area contributed by atoms with Gasteiger partial charge in [-0.15, -0.1) is 0 Å². The molecule has 0 bridgehead atoms. The van der Waals surface area contributed by atoms with Crippen molar-refractivity contribution < 1.29 is 38.2 Å². The Bertz CT molecular complexity index is 1170. The van der Waals surface area contributed by atoms with Crippen LogP contribution in [-0.4, -0.2) is 80.6 Å². The molecule has 312 valence electrons. The molecule has 2 atom stereocenters. The van der Waals surface area contributed by atoms with Crippen molar-refractivity contribution in [1.29, 1.82) is 0 Å². The molecule has 0 aromatic carbocycles. The van der Waals surface area contributed by atoms with Crippen LogP contribution in [0, 0.1) is 0 Å². The second-order valence-corrected chi connectivity index (χ2v) is 14.8. The molecule has 0 amide bonds. The van der Waals surface area contributed by atoms with Crippen LogP contribution >= 0.6 is 0 Å². The summed E-state index contributed by atoms with van der Waals surface area (Å²) < 4.78 is 17.2. The Morgan fingerprint density at radius 2 is 0.964 bits per heavy atom. The lowest BCUT2D eigenvalue weighted by Crippen LogP contribution is -2.50. The third kappa shape index (κ3) is 35.9. The van der Waals surface area contributed by atoms with E-state index in [1.54, 1.807) is 0 Å². The Morgan fingerprint density at radius 3 is 1.44 bits per heavy atom. The second kappa shape index (κ2) is 37.4. The standard InChI is InChI=1S/C47H77NO7/c1-6-8-10-12-14-16-18-20-21-22-23-24-25-26-28-29-31-33-35-37-45(49)54-42-43(41-53-40-39-44(47(51)52)48(3,4)5)55-46(50)38-36-34-32-30-27-19-17-15-13-11-9-7-2/h8-11,14-17,20-21,23-24,26,28,43-44H,6-7,12-13,18-19,22,25,27,29-42H2,1-5H3/p+1/b10-8+,11-9+,16-14+,17-15+,21-20+,24-23+,28-26+. The smallest absolute Gasteiger partial charge is 0.362 e. The number of nitrogens with zero attached hydrogens (tertiary/aromatic N) is 1. The highest BCUT2D eigenvalue weighted by molar-refractivity contribution is 5.72. The van der Waals surface area contributed by atoms with Gasteiger partial charge in [0.15, 0.2) is 12.1 Å². The van der Waals surface area contributed by atoms with Crippen LogP contribution in [0.25, 0.3) is 0 Å². The van der Waals surface area contributed by atoms with Crippen molar-refractivity contribution >= 4 is 17.9 Å². The molecular weight excluding hydrogens is 691 g/mol. The van der Waals surface area contributed by atoms with Crippen LogP contribution in [-0.2, 0) is 28.6 Å². The summed E-state index contributed by atoms with van der Waals surface area (Å²) in [5.41, 5.74) is 0. The Balaban J connectivity index is 4.44. The molecular formula is C47H78NO7+. The van der Waals surface area contributed by atoms with Gasteiger partial charge < -0.3 is 23.8 Å². The molecule has 8 heteroatoms. The predicted molar refractivity (Wildman–Crippen MR) is 229 cm³/mol. The number of allylic oxidation sites excluding steroid dienone is 14. The number of carboxylic acid groups (broad SMARTS) is 1. The van der Waals surface area contributed by atoms with Gasteiger partial charge in [0.1, 0.15) is 6.61 Å². The van der Waals surface area contributed by atoms with Gasteiger partial charge in [-0.3, -0.25) is 9.59 Å². The van der Waals surface area contributed by atoms with E-state index in [9.17, 15) is 19.5 Å². The molecule has 0 aliphatic rings. The van der Waals surface area contributed by atoms with Gasteiger partial charge in [-0.25, -0.2) is 4.79 Å². The molecule has 0 spiro atoms. The fourth-order valence-corrected chi connectivity index (χ4v) is 5.57. The van der Waals surface area contributed by atoms with Crippen molar-refractivity contribution in [1.82, 2.24) is 0 Å². The molecule has 0 saturated carbocycles. The molecule has 0 radical (unpaired) electrons. The van der Waals surface area contributed by atoms with Crippen molar-refractivity contribution in [3.05, 3.63) is 85.1 Å². The molecule has 0 aliphatic carbocycles. The molecule has 55 heavy (non-hydrogen) atoms. The Morgan fingerprint density at radius 1 is 0.545 bits per heavy atom. The quantitative estimate of drug-likeness (QED) is 0.0293. The summed E-state index contributed by atoms with van der Waals surface area (Å²) in [6.07, 6.45) is 47.7. The first kappa shape index (κ1) is 51.5. The molecule has 0 rings (SSSR count). The summed E-state index contributed by atoms with van der Waals surface area (Å²) in [6, 6.07) is -0.626. The average Bonchev–Trinajstić information content (AvgIpc) is 3.14. The van der Waals surface area contributed by atoms with Gasteiger partial charge in [-0.2, -0.15) is 0 Å². The molecule has 2 unspecified atom stereocenters. The lowest BCUT2D eigenvalue weighted by molar-refractivity contribution is -0.887. The van der Waals surface area contributed by atoms with Gasteiger partial charge in [-0.1, -0.05) is 125 Å². The van der Waals surface area contributed by atoms with Crippen LogP contribution in [0.15, 0.2) is 85.1 Å². The highest BCUT2D eigenvalue weighted by Crippen LogP contribution is 2.12. The summed E-state index contributed by atoms with van der Waals surface area (Å²) in [5.74, 6) is -1.54. The van der Waals surface area contributed by atoms with Crippen molar-refractivity contribution in [2.24, 2.45) is 0 Å². The predicted octanol–water partition coefficient (Wildman–Crippen LogP) is 11.4. The van der Waals surface area contributed by atoms with Crippen molar-refractivity contribution in [2.45, 2.75) is 154 Å². The summed E-state index contributed by atoms with van der Waals surface area (Å²) in [5, 5.41) is 9.60. The van der Waals surface area contributed by atoms with E-state index < -0.39 is 18.1 Å². The summed E-state index contributed by atoms with van der Waals surface area (Å²) in [7, 11) is 5.49. The first-order valence-corrected chi connectivity index (χ1v) is 21.1. The van der Waals surface area contributed by atoms with Gasteiger partial charge >= 0.3 is 17.9 Å². The van der Waals surface area contributed by atoms with Crippen LogP contribution in [0.1, 0.15) is 142 Å². The van der Waals surface area contributed by atoms with E-state index in [0.717, 1.165) is 109 Å². The maximum absolute atomic E-state index is 12.7. The number of esters is 2. The molecule has 0 fully saturated rings. The van der Waals surface area contributed by atoms with Crippen LogP contribution in [0.5, 0.6) is 0 Å². The van der Waals surface area contributed by atoms with E-state index in [-0.39, 0.29) is 36.2 Å². The van der Waals surface area contributed by atoms with E-state index in [1.807, 2.05) is 21.1 Å². The minimum absolute atomic E-state index is 0.0392. The van der Waals surface area contributed by atoms with Gasteiger partial charge in [-0.05, 0) is 83.5 Å². The summed E-state index contributed by atoms with van der Waals surface area (Å²) in [6.45, 7) is 4.43. The van der Waals surface area contributed by atoms with E-state index in [2.05, 4.69) is 98.9 Å². The van der Waals surface area contributed by atoms with Crippen LogP contribution in [0.3, 0.4) is 0 Å². The number of hydrogen-bond donors (Lipinski definition) is 1. The first-order valence-electron chi connectivity index (χ1n) is 21.1. The molecule has 0 heterocycles. The second-order valence-electron chi connectivity index (χ2n) is 14.8. The molecule has 0 aromatic rings. The fraction of sp³-hybridized carbons (Fsp3) is 0.638. The number of hydrogen-bond acceptors (Lipinski definition) is 6. The highest BCUT2D eigenvalue weighted by Gasteiger charge is 2.31. The number of quaternary nitrogens is 1. The van der Waals surface area contributed by atoms with Crippen molar-refractivity contribution in [3.63, 3.8) is 0 Å². The molecule has 1 N–H and O–H groups in total.